The lowest BCUT2D eigenvalue weighted by Gasteiger charge is -2.18. The van der Waals surface area contributed by atoms with Gasteiger partial charge in [0, 0.05) is 5.69 Å². The van der Waals surface area contributed by atoms with Gasteiger partial charge in [0.05, 0.1) is 11.3 Å². The van der Waals surface area contributed by atoms with Crippen LogP contribution >= 0.6 is 11.6 Å². The fourth-order valence-electron chi connectivity index (χ4n) is 3.69. The SMILES string of the molecule is CCc1ccccc1N1C(=O)C(Cl)=C(Nc2ccc(C(=O)Oc3cccc(C)c3C)cc2)C1=O. The number of carbonyl (C=O) groups excluding carboxylic acids is 3. The van der Waals surface area contributed by atoms with Gasteiger partial charge in [-0.3, -0.25) is 9.59 Å². The summed E-state index contributed by atoms with van der Waals surface area (Å²) in [5.41, 5.74) is 4.14. The molecule has 34 heavy (non-hydrogen) atoms. The molecule has 0 bridgehead atoms. The zero-order chi connectivity index (χ0) is 24.4. The third-order valence-corrected chi connectivity index (χ3v) is 6.14. The summed E-state index contributed by atoms with van der Waals surface area (Å²) in [5, 5.41) is 2.74. The predicted octanol–water partition coefficient (Wildman–Crippen LogP) is 5.52. The Morgan fingerprint density at radius 2 is 1.65 bits per heavy atom. The van der Waals surface area contributed by atoms with Gasteiger partial charge in [0.15, 0.2) is 0 Å². The van der Waals surface area contributed by atoms with Gasteiger partial charge in [-0.05, 0) is 73.4 Å². The van der Waals surface area contributed by atoms with E-state index in [2.05, 4.69) is 5.32 Å². The lowest BCUT2D eigenvalue weighted by molar-refractivity contribution is -0.120. The van der Waals surface area contributed by atoms with Crippen molar-refractivity contribution in [2.75, 3.05) is 10.2 Å². The van der Waals surface area contributed by atoms with Crippen molar-refractivity contribution < 1.29 is 19.1 Å². The summed E-state index contributed by atoms with van der Waals surface area (Å²) in [6, 6.07) is 19.1. The van der Waals surface area contributed by atoms with E-state index in [1.54, 1.807) is 42.5 Å². The van der Waals surface area contributed by atoms with Crippen LogP contribution in [0.15, 0.2) is 77.5 Å². The van der Waals surface area contributed by atoms with Crippen molar-refractivity contribution >= 4 is 40.8 Å². The molecule has 1 aliphatic heterocycles. The summed E-state index contributed by atoms with van der Waals surface area (Å²) < 4.78 is 5.52. The largest absolute Gasteiger partial charge is 0.423 e. The van der Waals surface area contributed by atoms with Crippen molar-refractivity contribution in [3.8, 4) is 5.75 Å². The zero-order valence-electron chi connectivity index (χ0n) is 19.0. The number of aryl methyl sites for hydroxylation is 2. The summed E-state index contributed by atoms with van der Waals surface area (Å²) in [6.45, 7) is 5.79. The summed E-state index contributed by atoms with van der Waals surface area (Å²) in [5.74, 6) is -1.10. The molecule has 2 amide bonds. The molecule has 3 aromatic carbocycles. The number of esters is 1. The minimum absolute atomic E-state index is 0.0108. The highest BCUT2D eigenvalue weighted by Gasteiger charge is 2.39. The zero-order valence-corrected chi connectivity index (χ0v) is 19.8. The van der Waals surface area contributed by atoms with E-state index in [1.807, 2.05) is 45.0 Å². The van der Waals surface area contributed by atoms with E-state index in [0.29, 0.717) is 29.1 Å². The number of hydrogen-bond acceptors (Lipinski definition) is 5. The third kappa shape index (κ3) is 4.32. The molecule has 7 heteroatoms. The lowest BCUT2D eigenvalue weighted by atomic mass is 10.1. The first-order valence-corrected chi connectivity index (χ1v) is 11.2. The van der Waals surface area contributed by atoms with Gasteiger partial charge in [-0.25, -0.2) is 9.69 Å². The number of para-hydroxylation sites is 1. The van der Waals surface area contributed by atoms with Crippen molar-refractivity contribution in [3.05, 3.63) is 99.7 Å². The quantitative estimate of drug-likeness (QED) is 0.289. The van der Waals surface area contributed by atoms with Crippen LogP contribution in [0.5, 0.6) is 5.75 Å². The molecule has 6 nitrogen and oxygen atoms in total. The second-order valence-corrected chi connectivity index (χ2v) is 8.28. The number of nitrogens with one attached hydrogen (secondary N) is 1. The topological polar surface area (TPSA) is 75.7 Å². The van der Waals surface area contributed by atoms with Crippen LogP contribution in [0.2, 0.25) is 0 Å². The van der Waals surface area contributed by atoms with Gasteiger partial charge in [0.2, 0.25) is 0 Å². The van der Waals surface area contributed by atoms with Gasteiger partial charge >= 0.3 is 5.97 Å². The molecule has 0 aliphatic carbocycles. The Kier molecular flexibility index (Phi) is 6.52. The molecule has 0 saturated heterocycles. The average Bonchev–Trinajstić information content (AvgIpc) is 3.05. The lowest BCUT2D eigenvalue weighted by Crippen LogP contribution is -2.33. The maximum atomic E-state index is 13.1. The fraction of sp³-hybridized carbons (Fsp3) is 0.148. The molecule has 0 atom stereocenters. The Labute approximate surface area is 202 Å². The summed E-state index contributed by atoms with van der Waals surface area (Å²) in [4.78, 5) is 39.5. The van der Waals surface area contributed by atoms with Crippen molar-refractivity contribution in [2.24, 2.45) is 0 Å². The number of hydrogen-bond donors (Lipinski definition) is 1. The monoisotopic (exact) mass is 474 g/mol. The van der Waals surface area contributed by atoms with Gasteiger partial charge in [-0.15, -0.1) is 0 Å². The predicted molar refractivity (Wildman–Crippen MR) is 132 cm³/mol. The maximum absolute atomic E-state index is 13.1. The summed E-state index contributed by atoms with van der Waals surface area (Å²) in [7, 11) is 0. The Bertz CT molecular complexity index is 1330. The first-order valence-electron chi connectivity index (χ1n) is 10.8. The fourth-order valence-corrected chi connectivity index (χ4v) is 3.90. The Balaban J connectivity index is 1.51. The van der Waals surface area contributed by atoms with E-state index in [-0.39, 0.29) is 10.7 Å². The van der Waals surface area contributed by atoms with E-state index >= 15 is 0 Å². The van der Waals surface area contributed by atoms with Crippen LogP contribution in [0.25, 0.3) is 0 Å². The van der Waals surface area contributed by atoms with Crippen LogP contribution < -0.4 is 15.0 Å². The second kappa shape index (κ2) is 9.53. The maximum Gasteiger partial charge on any atom is 0.343 e. The van der Waals surface area contributed by atoms with Gasteiger partial charge in [-0.1, -0.05) is 48.9 Å². The highest BCUT2D eigenvalue weighted by molar-refractivity contribution is 6.53. The van der Waals surface area contributed by atoms with Crippen LogP contribution in [0.3, 0.4) is 0 Å². The van der Waals surface area contributed by atoms with E-state index in [1.165, 1.54) is 0 Å². The van der Waals surface area contributed by atoms with Crippen LogP contribution in [-0.2, 0) is 16.0 Å². The van der Waals surface area contributed by atoms with Crippen LogP contribution in [0, 0.1) is 13.8 Å². The molecule has 0 unspecified atom stereocenters. The van der Waals surface area contributed by atoms with Crippen molar-refractivity contribution in [2.45, 2.75) is 27.2 Å². The third-order valence-electron chi connectivity index (χ3n) is 5.79. The number of nitrogens with zero attached hydrogens (tertiary/aromatic N) is 1. The standard InChI is InChI=1S/C27H23ClN2O4/c1-4-18-9-5-6-10-21(18)30-25(31)23(28)24(26(30)32)29-20-14-12-19(13-15-20)27(33)34-22-11-7-8-16(2)17(22)3/h5-15,29H,4H2,1-3H3. The van der Waals surface area contributed by atoms with E-state index in [4.69, 9.17) is 16.3 Å². The number of ether oxygens (including phenoxy) is 1. The molecule has 0 aromatic heterocycles. The number of anilines is 2. The van der Waals surface area contributed by atoms with Gasteiger partial charge in [0.1, 0.15) is 16.5 Å². The van der Waals surface area contributed by atoms with Gasteiger partial charge < -0.3 is 10.1 Å². The smallest absolute Gasteiger partial charge is 0.343 e. The molecule has 0 saturated carbocycles. The Morgan fingerprint density at radius 1 is 0.941 bits per heavy atom. The van der Waals surface area contributed by atoms with E-state index in [0.717, 1.165) is 21.6 Å². The average molecular weight is 475 g/mol. The normalized spacial score (nSPS) is 13.5. The van der Waals surface area contributed by atoms with Gasteiger partial charge in [-0.2, -0.15) is 0 Å². The highest BCUT2D eigenvalue weighted by atomic mass is 35.5. The number of imide groups is 1. The first-order chi connectivity index (χ1) is 16.3. The molecule has 172 valence electrons. The Morgan fingerprint density at radius 3 is 2.35 bits per heavy atom. The van der Waals surface area contributed by atoms with Gasteiger partial charge in [0.25, 0.3) is 11.8 Å². The number of carbonyl (C=O) groups is 3. The molecule has 1 heterocycles. The molecular weight excluding hydrogens is 452 g/mol. The van der Waals surface area contributed by atoms with Crippen molar-refractivity contribution in [3.63, 3.8) is 0 Å². The molecule has 4 rings (SSSR count). The highest BCUT2D eigenvalue weighted by Crippen LogP contribution is 2.32. The Hall–Kier alpha value is -3.90. The molecule has 0 spiro atoms. The molecule has 1 aliphatic rings. The van der Waals surface area contributed by atoms with Crippen LogP contribution in [0.1, 0.15) is 34.0 Å². The minimum Gasteiger partial charge on any atom is -0.423 e. The molecular formula is C27H23ClN2O4. The number of benzene rings is 3. The summed E-state index contributed by atoms with van der Waals surface area (Å²) in [6.07, 6.45) is 0.660. The van der Waals surface area contributed by atoms with Crippen molar-refractivity contribution in [1.82, 2.24) is 0 Å². The molecule has 0 fully saturated rings. The van der Waals surface area contributed by atoms with Crippen molar-refractivity contribution in [1.29, 1.82) is 0 Å². The summed E-state index contributed by atoms with van der Waals surface area (Å²) >= 11 is 6.24. The minimum atomic E-state index is -0.580. The molecule has 0 radical (unpaired) electrons. The number of rotatable bonds is 6. The van der Waals surface area contributed by atoms with Crippen LogP contribution in [-0.4, -0.2) is 17.8 Å². The molecule has 3 aromatic rings. The number of halogens is 1. The first kappa shape index (κ1) is 23.3. The van der Waals surface area contributed by atoms with E-state index < -0.39 is 17.8 Å². The number of amides is 2. The van der Waals surface area contributed by atoms with Crippen LogP contribution in [0.4, 0.5) is 11.4 Å². The van der Waals surface area contributed by atoms with E-state index in [9.17, 15) is 14.4 Å². The molecule has 1 N–H and O–H groups in total. The second-order valence-electron chi connectivity index (χ2n) is 7.91.